The van der Waals surface area contributed by atoms with Crippen molar-refractivity contribution in [1.82, 2.24) is 9.97 Å². The number of piperidine rings is 1. The molecule has 0 spiro atoms. The second-order valence-electron chi connectivity index (χ2n) is 11.5. The Balaban J connectivity index is 0.00000552. The molecule has 0 bridgehead atoms. The van der Waals surface area contributed by atoms with Crippen LogP contribution in [0.25, 0.3) is 0 Å². The molecule has 2 heterocycles. The number of Topliss-reactive ketones (excluding diaryl/α,β-unsaturated/α-hetero) is 1. The van der Waals surface area contributed by atoms with Crippen LogP contribution in [0.5, 0.6) is 0 Å². The normalized spacial score (nSPS) is 15.5. The molecule has 1 aliphatic heterocycles. The fourth-order valence-corrected chi connectivity index (χ4v) is 6.35. The van der Waals surface area contributed by atoms with Gasteiger partial charge in [-0.1, -0.05) is 35.9 Å². The lowest BCUT2D eigenvalue weighted by molar-refractivity contribution is -0.936. The molecule has 0 radical (unpaired) electrons. The van der Waals surface area contributed by atoms with Gasteiger partial charge < -0.3 is 37.8 Å². The van der Waals surface area contributed by atoms with Crippen LogP contribution in [0.1, 0.15) is 74.4 Å². The minimum Gasteiger partial charge on any atom is -1.00 e. The first-order valence-electron chi connectivity index (χ1n) is 14.9. The second kappa shape index (κ2) is 16.5. The van der Waals surface area contributed by atoms with E-state index in [-0.39, 0.29) is 58.5 Å². The van der Waals surface area contributed by atoms with Gasteiger partial charge in [0.25, 0.3) is 0 Å². The van der Waals surface area contributed by atoms with E-state index in [2.05, 4.69) is 9.97 Å². The van der Waals surface area contributed by atoms with Crippen LogP contribution in [0.2, 0.25) is 5.15 Å². The highest BCUT2D eigenvalue weighted by Crippen LogP contribution is 2.30. The zero-order valence-corrected chi connectivity index (χ0v) is 27.3. The van der Waals surface area contributed by atoms with Crippen molar-refractivity contribution in [2.45, 2.75) is 44.9 Å². The average Bonchev–Trinajstić information content (AvgIpc) is 3.02. The van der Waals surface area contributed by atoms with Gasteiger partial charge in [0.15, 0.2) is 22.6 Å². The first-order valence-corrected chi connectivity index (χ1v) is 15.3. The highest BCUT2D eigenvalue weighted by molar-refractivity contribution is 6.31. The van der Waals surface area contributed by atoms with E-state index in [9.17, 15) is 14.4 Å². The lowest BCUT2D eigenvalue weighted by Gasteiger charge is -2.45. The van der Waals surface area contributed by atoms with Crippen LogP contribution >= 0.6 is 11.6 Å². The van der Waals surface area contributed by atoms with Gasteiger partial charge in [-0.05, 0) is 61.1 Å². The number of quaternary nitrogens is 1. The van der Waals surface area contributed by atoms with Crippen molar-refractivity contribution in [3.63, 3.8) is 0 Å². The van der Waals surface area contributed by atoms with Crippen LogP contribution in [0, 0.1) is 5.92 Å². The number of likely N-dealkylation sites (tertiary alicyclic amines) is 1. The van der Waals surface area contributed by atoms with E-state index in [1.165, 1.54) is 25.3 Å². The number of halogens is 2. The summed E-state index contributed by atoms with van der Waals surface area (Å²) in [5.41, 5.74) is 15.2. The van der Waals surface area contributed by atoms with Gasteiger partial charge in [0.05, 0.1) is 51.5 Å². The number of hydrogen-bond donors (Lipinski definition) is 2. The molecule has 1 atom stereocenters. The molecule has 0 amide bonds. The van der Waals surface area contributed by atoms with E-state index in [1.54, 1.807) is 24.3 Å². The number of methoxy groups -OCH3 is 2. The zero-order valence-electron chi connectivity index (χ0n) is 25.8. The molecule has 1 saturated heterocycles. The lowest BCUT2D eigenvalue weighted by Crippen LogP contribution is -3.00. The minimum absolute atomic E-state index is 0. The van der Waals surface area contributed by atoms with E-state index in [4.69, 9.17) is 32.5 Å². The van der Waals surface area contributed by atoms with Gasteiger partial charge in [-0.3, -0.25) is 4.79 Å². The van der Waals surface area contributed by atoms with Crippen molar-refractivity contribution in [1.29, 1.82) is 0 Å². The number of ether oxygens (including phenoxy) is 2. The lowest BCUT2D eigenvalue weighted by atomic mass is 9.89. The maximum absolute atomic E-state index is 13.2. The molecule has 0 aliphatic carbocycles. The number of hydrogen-bond acceptors (Lipinski definition) is 9. The standard InChI is InChI=1S/C33H40ClN5O5.ClH/c1-43-32(41)25-13-9-22(10-14-25)6-3-17-39(18-4-7-23-11-15-26(16-12-23)33(42)44-2)19-5-8-24(21-39)20-27(40)28-30(35)38-31(36)29(34)37-28;/h9-16,24H,3-8,17-21H2,1-2H3,(H3-,35,36,38,40);1H. The summed E-state index contributed by atoms with van der Waals surface area (Å²) in [5, 5.41) is -0.0180. The molecule has 1 unspecified atom stereocenters. The molecule has 1 aromatic heterocycles. The fraction of sp³-hybridized carbons (Fsp3) is 0.424. The quantitative estimate of drug-likeness (QED) is 0.160. The average molecular weight is 659 g/mol. The summed E-state index contributed by atoms with van der Waals surface area (Å²) >= 11 is 6.04. The molecule has 242 valence electrons. The highest BCUT2D eigenvalue weighted by Gasteiger charge is 2.36. The van der Waals surface area contributed by atoms with E-state index in [0.717, 1.165) is 69.2 Å². The molecule has 45 heavy (non-hydrogen) atoms. The first kappa shape index (κ1) is 35.7. The topological polar surface area (TPSA) is 147 Å². The summed E-state index contributed by atoms with van der Waals surface area (Å²) in [5.74, 6) is -0.669. The summed E-state index contributed by atoms with van der Waals surface area (Å²) < 4.78 is 10.5. The number of carbonyl (C=O) groups is 3. The Morgan fingerprint density at radius 3 is 1.84 bits per heavy atom. The summed E-state index contributed by atoms with van der Waals surface area (Å²) in [4.78, 5) is 45.0. The SMILES string of the molecule is COC(=O)c1ccc(CCC[N+]2(CCCc3ccc(C(=O)OC)cc3)CCCC(CC(=O)c3nc(Cl)c(N)nc3N)C2)cc1.[Cl-]. The number of nitrogen functional groups attached to an aromatic ring is 2. The molecule has 3 aromatic rings. The van der Waals surface area contributed by atoms with Crippen LogP contribution in [-0.2, 0) is 22.3 Å². The predicted octanol–water partition coefficient (Wildman–Crippen LogP) is 1.94. The molecule has 2 aromatic carbocycles. The number of nitrogens with two attached hydrogens (primary N) is 2. The van der Waals surface area contributed by atoms with Crippen molar-refractivity contribution < 1.29 is 40.7 Å². The number of carbonyl (C=O) groups excluding carboxylic acids is 3. The number of ketones is 1. The maximum Gasteiger partial charge on any atom is 0.337 e. The third kappa shape index (κ3) is 9.63. The smallest absolute Gasteiger partial charge is 0.337 e. The summed E-state index contributed by atoms with van der Waals surface area (Å²) in [6.07, 6.45) is 6.00. The molecule has 1 fully saturated rings. The molecular formula is C33H41Cl2N5O5. The number of rotatable bonds is 13. The molecular weight excluding hydrogens is 617 g/mol. The van der Waals surface area contributed by atoms with Crippen molar-refractivity contribution in [3.8, 4) is 0 Å². The van der Waals surface area contributed by atoms with Gasteiger partial charge in [-0.2, -0.15) is 0 Å². The van der Waals surface area contributed by atoms with Crippen LogP contribution in [0.3, 0.4) is 0 Å². The van der Waals surface area contributed by atoms with E-state index in [1.807, 2.05) is 24.3 Å². The molecule has 1 aliphatic rings. The van der Waals surface area contributed by atoms with E-state index in [0.29, 0.717) is 17.5 Å². The molecule has 4 N–H and O–H groups in total. The number of nitrogens with zero attached hydrogens (tertiary/aromatic N) is 3. The van der Waals surface area contributed by atoms with Crippen LogP contribution in [0.15, 0.2) is 48.5 Å². The largest absolute Gasteiger partial charge is 1.00 e. The van der Waals surface area contributed by atoms with E-state index < -0.39 is 0 Å². The van der Waals surface area contributed by atoms with Crippen molar-refractivity contribution in [2.75, 3.05) is 51.9 Å². The van der Waals surface area contributed by atoms with Crippen molar-refractivity contribution in [3.05, 3.63) is 81.6 Å². The minimum atomic E-state index is -0.344. The summed E-state index contributed by atoms with van der Waals surface area (Å²) in [6, 6.07) is 15.1. The fourth-order valence-electron chi connectivity index (χ4n) is 6.22. The number of aromatic nitrogens is 2. The van der Waals surface area contributed by atoms with Crippen LogP contribution < -0.4 is 23.9 Å². The Morgan fingerprint density at radius 1 is 0.844 bits per heavy atom. The van der Waals surface area contributed by atoms with Gasteiger partial charge in [0.2, 0.25) is 0 Å². The van der Waals surface area contributed by atoms with Gasteiger partial charge in [-0.25, -0.2) is 19.6 Å². The maximum atomic E-state index is 13.2. The second-order valence-corrected chi connectivity index (χ2v) is 11.9. The Morgan fingerprint density at radius 2 is 1.36 bits per heavy atom. The Labute approximate surface area is 275 Å². The van der Waals surface area contributed by atoms with Crippen molar-refractivity contribution >= 4 is 41.0 Å². The zero-order chi connectivity index (χ0) is 31.7. The molecule has 10 nitrogen and oxygen atoms in total. The van der Waals surface area contributed by atoms with Gasteiger partial charge in [0.1, 0.15) is 5.69 Å². The van der Waals surface area contributed by atoms with E-state index >= 15 is 0 Å². The molecule has 4 rings (SSSR count). The number of anilines is 2. The number of esters is 2. The highest BCUT2D eigenvalue weighted by atomic mass is 35.5. The number of benzene rings is 2. The van der Waals surface area contributed by atoms with Gasteiger partial charge >= 0.3 is 11.9 Å². The third-order valence-corrected chi connectivity index (χ3v) is 8.76. The van der Waals surface area contributed by atoms with Gasteiger partial charge in [-0.15, -0.1) is 0 Å². The Bertz CT molecular complexity index is 1400. The Kier molecular flexibility index (Phi) is 13.1. The monoisotopic (exact) mass is 657 g/mol. The van der Waals surface area contributed by atoms with Crippen molar-refractivity contribution in [2.24, 2.45) is 5.92 Å². The summed E-state index contributed by atoms with van der Waals surface area (Å²) in [7, 11) is 2.76. The number of aryl methyl sites for hydroxylation is 2. The predicted molar refractivity (Wildman–Crippen MR) is 169 cm³/mol. The molecule has 0 saturated carbocycles. The van der Waals surface area contributed by atoms with Gasteiger partial charge in [0, 0.05) is 25.2 Å². The first-order chi connectivity index (χ1) is 21.1. The Hall–Kier alpha value is -3.73. The van der Waals surface area contributed by atoms with Crippen LogP contribution in [-0.4, -0.2) is 72.6 Å². The third-order valence-electron chi connectivity index (χ3n) is 8.48. The molecule has 12 heteroatoms. The summed E-state index contributed by atoms with van der Waals surface area (Å²) in [6.45, 7) is 3.87. The van der Waals surface area contributed by atoms with Crippen LogP contribution in [0.4, 0.5) is 11.6 Å².